The number of esters is 1. The second-order valence-corrected chi connectivity index (χ2v) is 7.75. The molecule has 1 fully saturated rings. The van der Waals surface area contributed by atoms with Gasteiger partial charge in [-0.2, -0.15) is 0 Å². The second kappa shape index (κ2) is 10.6. The lowest BCUT2D eigenvalue weighted by Crippen LogP contribution is -2.40. The third-order valence-corrected chi connectivity index (χ3v) is 5.58. The van der Waals surface area contributed by atoms with Gasteiger partial charge in [0, 0.05) is 24.9 Å². The summed E-state index contributed by atoms with van der Waals surface area (Å²) in [6.45, 7) is 4.57. The summed E-state index contributed by atoms with van der Waals surface area (Å²) in [6.07, 6.45) is 4.41. The van der Waals surface area contributed by atoms with Crippen LogP contribution in [0.3, 0.4) is 0 Å². The second-order valence-electron chi connectivity index (χ2n) is 7.75. The van der Waals surface area contributed by atoms with Crippen LogP contribution in [-0.2, 0) is 19.1 Å². The molecule has 0 spiro atoms. The third-order valence-electron chi connectivity index (χ3n) is 5.58. The molecule has 6 heteroatoms. The number of piperidine rings is 1. The summed E-state index contributed by atoms with van der Waals surface area (Å²) in [5.74, 6) is -1.11. The van der Waals surface area contributed by atoms with E-state index in [9.17, 15) is 14.4 Å². The predicted octanol–water partition coefficient (Wildman–Crippen LogP) is 3.74. The number of hydrogen-bond donors (Lipinski definition) is 1. The fraction of sp³-hybridized carbons (Fsp3) is 0.320. The molecular weight excluding hydrogens is 392 g/mol. The van der Waals surface area contributed by atoms with Crippen LogP contribution < -0.4 is 5.32 Å². The molecule has 1 saturated heterocycles. The van der Waals surface area contributed by atoms with Crippen molar-refractivity contribution in [2.45, 2.75) is 26.7 Å². The molecule has 2 aromatic carbocycles. The Morgan fingerprint density at radius 1 is 1.03 bits per heavy atom. The number of carbonyl (C=O) groups excluding carboxylic acids is 3. The van der Waals surface area contributed by atoms with Gasteiger partial charge in [0.1, 0.15) is 0 Å². The lowest BCUT2D eigenvalue weighted by Gasteiger charge is -2.30. The molecule has 0 unspecified atom stereocenters. The van der Waals surface area contributed by atoms with E-state index in [-0.39, 0.29) is 30.3 Å². The van der Waals surface area contributed by atoms with Crippen LogP contribution in [0.1, 0.15) is 29.5 Å². The van der Waals surface area contributed by atoms with Crippen molar-refractivity contribution in [2.24, 2.45) is 5.92 Å². The van der Waals surface area contributed by atoms with Crippen LogP contribution in [-0.4, -0.2) is 42.4 Å². The van der Waals surface area contributed by atoms with E-state index < -0.39 is 0 Å². The number of anilines is 1. The molecule has 1 heterocycles. The molecule has 2 amide bonds. The van der Waals surface area contributed by atoms with Gasteiger partial charge in [0.05, 0.1) is 5.92 Å². The van der Waals surface area contributed by atoms with E-state index in [0.29, 0.717) is 25.9 Å². The minimum atomic E-state index is -0.386. The molecule has 3 rings (SSSR count). The number of benzene rings is 2. The van der Waals surface area contributed by atoms with E-state index in [1.807, 2.05) is 62.4 Å². The largest absolute Gasteiger partial charge is 0.455 e. The van der Waals surface area contributed by atoms with Gasteiger partial charge in [-0.3, -0.25) is 14.4 Å². The third kappa shape index (κ3) is 6.28. The van der Waals surface area contributed by atoms with E-state index >= 15 is 0 Å². The quantitative estimate of drug-likeness (QED) is 0.571. The van der Waals surface area contributed by atoms with Crippen LogP contribution in [0.5, 0.6) is 0 Å². The molecule has 31 heavy (non-hydrogen) atoms. The van der Waals surface area contributed by atoms with Crippen molar-refractivity contribution in [3.05, 3.63) is 71.3 Å². The van der Waals surface area contributed by atoms with Crippen LogP contribution in [0.25, 0.3) is 6.08 Å². The van der Waals surface area contributed by atoms with E-state index in [2.05, 4.69) is 5.32 Å². The monoisotopic (exact) mass is 420 g/mol. The van der Waals surface area contributed by atoms with Crippen LogP contribution >= 0.6 is 0 Å². The number of amides is 2. The Morgan fingerprint density at radius 2 is 1.74 bits per heavy atom. The summed E-state index contributed by atoms with van der Waals surface area (Å²) >= 11 is 0. The zero-order chi connectivity index (χ0) is 22.2. The molecule has 1 aliphatic heterocycles. The van der Waals surface area contributed by atoms with Gasteiger partial charge < -0.3 is 15.0 Å². The zero-order valence-electron chi connectivity index (χ0n) is 18.0. The lowest BCUT2D eigenvalue weighted by molar-refractivity contribution is -0.153. The van der Waals surface area contributed by atoms with Crippen LogP contribution in [0.4, 0.5) is 5.69 Å². The van der Waals surface area contributed by atoms with E-state index in [1.54, 1.807) is 17.1 Å². The van der Waals surface area contributed by atoms with Crippen molar-refractivity contribution in [1.29, 1.82) is 0 Å². The topological polar surface area (TPSA) is 75.7 Å². The molecule has 0 bridgehead atoms. The van der Waals surface area contributed by atoms with Gasteiger partial charge in [0.2, 0.25) is 5.91 Å². The number of aryl methyl sites for hydroxylation is 1. The standard InChI is InChI=1S/C25H28N2O4/c1-18-7-6-10-22(19(18)2)26-23(28)17-31-25(30)21-13-15-27(16-14-21)24(29)12-11-20-8-4-3-5-9-20/h3-12,21H,13-17H2,1-2H3,(H,26,28)/b12-11+. The first-order valence-corrected chi connectivity index (χ1v) is 10.5. The molecule has 6 nitrogen and oxygen atoms in total. The molecule has 0 radical (unpaired) electrons. The average molecular weight is 421 g/mol. The zero-order valence-corrected chi connectivity index (χ0v) is 18.0. The highest BCUT2D eigenvalue weighted by atomic mass is 16.5. The van der Waals surface area contributed by atoms with E-state index in [1.165, 1.54) is 0 Å². The molecule has 1 N–H and O–H groups in total. The van der Waals surface area contributed by atoms with E-state index in [0.717, 1.165) is 22.4 Å². The first kappa shape index (κ1) is 22.3. The maximum atomic E-state index is 12.4. The molecule has 0 aromatic heterocycles. The molecule has 1 aliphatic rings. The molecule has 0 saturated carbocycles. The van der Waals surface area contributed by atoms with Crippen LogP contribution in [0, 0.1) is 19.8 Å². The molecule has 162 valence electrons. The first-order valence-electron chi connectivity index (χ1n) is 10.5. The number of nitrogens with zero attached hydrogens (tertiary/aromatic N) is 1. The van der Waals surface area contributed by atoms with Gasteiger partial charge in [-0.25, -0.2) is 0 Å². The van der Waals surface area contributed by atoms with Crippen molar-refractivity contribution in [1.82, 2.24) is 4.90 Å². The van der Waals surface area contributed by atoms with Crippen molar-refractivity contribution < 1.29 is 19.1 Å². The molecule has 2 aromatic rings. The Morgan fingerprint density at radius 3 is 2.45 bits per heavy atom. The average Bonchev–Trinajstić information content (AvgIpc) is 2.79. The molecule has 0 aliphatic carbocycles. The Balaban J connectivity index is 1.41. The summed E-state index contributed by atoms with van der Waals surface area (Å²) in [7, 11) is 0. The van der Waals surface area contributed by atoms with Crippen molar-refractivity contribution in [3.8, 4) is 0 Å². The fourth-order valence-corrected chi connectivity index (χ4v) is 3.50. The lowest BCUT2D eigenvalue weighted by atomic mass is 9.97. The van der Waals surface area contributed by atoms with Gasteiger partial charge in [-0.05, 0) is 55.5 Å². The summed E-state index contributed by atoms with van der Waals surface area (Å²) < 4.78 is 5.22. The van der Waals surface area contributed by atoms with E-state index in [4.69, 9.17) is 4.74 Å². The minimum Gasteiger partial charge on any atom is -0.455 e. The Labute approximate surface area is 182 Å². The van der Waals surface area contributed by atoms with Crippen molar-refractivity contribution >= 4 is 29.5 Å². The van der Waals surface area contributed by atoms with Crippen LogP contribution in [0.15, 0.2) is 54.6 Å². The van der Waals surface area contributed by atoms with Gasteiger partial charge in [-0.1, -0.05) is 42.5 Å². The fourth-order valence-electron chi connectivity index (χ4n) is 3.50. The predicted molar refractivity (Wildman–Crippen MR) is 120 cm³/mol. The highest BCUT2D eigenvalue weighted by Crippen LogP contribution is 2.20. The maximum absolute atomic E-state index is 12.4. The smallest absolute Gasteiger partial charge is 0.309 e. The van der Waals surface area contributed by atoms with Gasteiger partial charge in [0.15, 0.2) is 6.61 Å². The normalized spacial score (nSPS) is 14.5. The Kier molecular flexibility index (Phi) is 7.60. The molecule has 0 atom stereocenters. The number of likely N-dealkylation sites (tertiary alicyclic amines) is 1. The minimum absolute atomic E-state index is 0.0661. The Hall–Kier alpha value is -3.41. The first-order chi connectivity index (χ1) is 14.9. The number of nitrogens with one attached hydrogen (secondary N) is 1. The number of carbonyl (C=O) groups is 3. The SMILES string of the molecule is Cc1cccc(NC(=O)COC(=O)C2CCN(C(=O)/C=C/c3ccccc3)CC2)c1C. The van der Waals surface area contributed by atoms with Crippen molar-refractivity contribution in [3.63, 3.8) is 0 Å². The van der Waals surface area contributed by atoms with Gasteiger partial charge in [0.25, 0.3) is 5.91 Å². The number of ether oxygens (including phenoxy) is 1. The summed E-state index contributed by atoms with van der Waals surface area (Å²) in [6, 6.07) is 15.3. The molecular formula is C25H28N2O4. The maximum Gasteiger partial charge on any atom is 0.309 e. The highest BCUT2D eigenvalue weighted by molar-refractivity contribution is 5.94. The summed E-state index contributed by atoms with van der Waals surface area (Å²) in [5.41, 5.74) is 3.75. The van der Waals surface area contributed by atoms with Crippen LogP contribution in [0.2, 0.25) is 0 Å². The highest BCUT2D eigenvalue weighted by Gasteiger charge is 2.28. The van der Waals surface area contributed by atoms with Gasteiger partial charge >= 0.3 is 5.97 Å². The number of rotatable bonds is 6. The summed E-state index contributed by atoms with van der Waals surface area (Å²) in [5, 5.41) is 2.78. The summed E-state index contributed by atoms with van der Waals surface area (Å²) in [4.78, 5) is 38.6. The number of hydrogen-bond acceptors (Lipinski definition) is 4. The van der Waals surface area contributed by atoms with Crippen molar-refractivity contribution in [2.75, 3.05) is 25.0 Å². The Bertz CT molecular complexity index is 961. The van der Waals surface area contributed by atoms with Gasteiger partial charge in [-0.15, -0.1) is 0 Å².